The molecule has 0 bridgehead atoms. The van der Waals surface area contributed by atoms with Crippen molar-refractivity contribution in [2.45, 2.75) is 26.9 Å². The molecule has 0 aliphatic carbocycles. The van der Waals surface area contributed by atoms with E-state index in [2.05, 4.69) is 6.58 Å². The van der Waals surface area contributed by atoms with E-state index < -0.39 is 17.9 Å². The van der Waals surface area contributed by atoms with Gasteiger partial charge in [-0.25, -0.2) is 4.79 Å². The van der Waals surface area contributed by atoms with Gasteiger partial charge in [0.15, 0.2) is 0 Å². The van der Waals surface area contributed by atoms with E-state index in [4.69, 9.17) is 9.47 Å². The van der Waals surface area contributed by atoms with Gasteiger partial charge in [0.1, 0.15) is 18.3 Å². The van der Waals surface area contributed by atoms with Crippen LogP contribution in [0, 0.1) is 5.92 Å². The standard InChI is InChI=1S/C17H20O5/c1-4-21-16(19)12(2)10-15(13(3)18)17(20)22-11-14-8-6-5-7-9-14/h5-9,15H,2,4,10-11H2,1,3H3. The lowest BCUT2D eigenvalue weighted by Crippen LogP contribution is -2.26. The van der Waals surface area contributed by atoms with Crippen LogP contribution in [0.15, 0.2) is 42.5 Å². The number of benzene rings is 1. The van der Waals surface area contributed by atoms with Crippen molar-refractivity contribution in [1.29, 1.82) is 0 Å². The molecule has 0 spiro atoms. The molecule has 0 fully saturated rings. The average molecular weight is 304 g/mol. The monoisotopic (exact) mass is 304 g/mol. The van der Waals surface area contributed by atoms with Gasteiger partial charge in [0.25, 0.3) is 0 Å². The second-order valence-electron chi connectivity index (χ2n) is 4.78. The smallest absolute Gasteiger partial charge is 0.333 e. The van der Waals surface area contributed by atoms with Gasteiger partial charge < -0.3 is 9.47 Å². The summed E-state index contributed by atoms with van der Waals surface area (Å²) in [6.45, 7) is 6.80. The fraction of sp³-hybridized carbons (Fsp3) is 0.353. The lowest BCUT2D eigenvalue weighted by molar-refractivity contribution is -0.152. The van der Waals surface area contributed by atoms with E-state index in [0.29, 0.717) is 0 Å². The molecule has 0 aliphatic rings. The Labute approximate surface area is 129 Å². The zero-order valence-electron chi connectivity index (χ0n) is 12.8. The van der Waals surface area contributed by atoms with E-state index in [9.17, 15) is 14.4 Å². The number of carbonyl (C=O) groups is 3. The molecular weight excluding hydrogens is 284 g/mol. The minimum Gasteiger partial charge on any atom is -0.463 e. The molecule has 0 N–H and O–H groups in total. The second kappa shape index (κ2) is 8.77. The molecule has 5 heteroatoms. The van der Waals surface area contributed by atoms with Crippen LogP contribution in [0.2, 0.25) is 0 Å². The number of hydrogen-bond donors (Lipinski definition) is 0. The van der Waals surface area contributed by atoms with Gasteiger partial charge >= 0.3 is 11.9 Å². The van der Waals surface area contributed by atoms with Crippen LogP contribution in [0.1, 0.15) is 25.8 Å². The molecule has 22 heavy (non-hydrogen) atoms. The van der Waals surface area contributed by atoms with Crippen molar-refractivity contribution in [3.8, 4) is 0 Å². The topological polar surface area (TPSA) is 69.7 Å². The van der Waals surface area contributed by atoms with Crippen LogP contribution in [0.4, 0.5) is 0 Å². The summed E-state index contributed by atoms with van der Waals surface area (Å²) in [7, 11) is 0. The van der Waals surface area contributed by atoms with E-state index >= 15 is 0 Å². The number of carbonyl (C=O) groups excluding carboxylic acids is 3. The van der Waals surface area contributed by atoms with E-state index in [0.717, 1.165) is 5.56 Å². The minimum absolute atomic E-state index is 0.0787. The van der Waals surface area contributed by atoms with E-state index in [1.807, 2.05) is 30.3 Å². The lowest BCUT2D eigenvalue weighted by atomic mass is 9.96. The van der Waals surface area contributed by atoms with Gasteiger partial charge in [-0.2, -0.15) is 0 Å². The molecule has 118 valence electrons. The molecule has 0 saturated heterocycles. The number of ketones is 1. The Bertz CT molecular complexity index is 547. The molecule has 0 saturated carbocycles. The van der Waals surface area contributed by atoms with Gasteiger partial charge in [-0.3, -0.25) is 9.59 Å². The maximum Gasteiger partial charge on any atom is 0.333 e. The highest BCUT2D eigenvalue weighted by Gasteiger charge is 2.28. The molecule has 0 heterocycles. The van der Waals surface area contributed by atoms with Crippen LogP contribution in [0.3, 0.4) is 0 Å². The summed E-state index contributed by atoms with van der Waals surface area (Å²) >= 11 is 0. The average Bonchev–Trinajstić information content (AvgIpc) is 2.51. The van der Waals surface area contributed by atoms with Crippen molar-refractivity contribution in [1.82, 2.24) is 0 Å². The first-order valence-electron chi connectivity index (χ1n) is 7.01. The number of hydrogen-bond acceptors (Lipinski definition) is 5. The normalized spacial score (nSPS) is 11.4. The zero-order valence-corrected chi connectivity index (χ0v) is 12.8. The number of Topliss-reactive ketones (excluding diaryl/α,β-unsaturated/α-hetero) is 1. The predicted molar refractivity (Wildman–Crippen MR) is 80.8 cm³/mol. The molecule has 1 atom stereocenters. The summed E-state index contributed by atoms with van der Waals surface area (Å²) in [6, 6.07) is 9.14. The SMILES string of the molecule is C=C(CC(C(C)=O)C(=O)OCc1ccccc1)C(=O)OCC. The fourth-order valence-corrected chi connectivity index (χ4v) is 1.79. The van der Waals surface area contributed by atoms with Crippen LogP contribution >= 0.6 is 0 Å². The Kier molecular flexibility index (Phi) is 7.02. The predicted octanol–water partition coefficient (Wildman–Crippen LogP) is 2.44. The van der Waals surface area contributed by atoms with E-state index in [1.165, 1.54) is 6.92 Å². The molecule has 1 rings (SSSR count). The van der Waals surface area contributed by atoms with Crippen LogP contribution < -0.4 is 0 Å². The largest absolute Gasteiger partial charge is 0.463 e. The molecule has 0 amide bonds. The number of rotatable bonds is 8. The van der Waals surface area contributed by atoms with Gasteiger partial charge in [0.2, 0.25) is 0 Å². The molecule has 1 unspecified atom stereocenters. The van der Waals surface area contributed by atoms with Crippen molar-refractivity contribution in [3.63, 3.8) is 0 Å². The van der Waals surface area contributed by atoms with Crippen LogP contribution in [-0.4, -0.2) is 24.3 Å². The van der Waals surface area contributed by atoms with Crippen molar-refractivity contribution < 1.29 is 23.9 Å². The molecule has 1 aromatic carbocycles. The summed E-state index contributed by atoms with van der Waals surface area (Å²) in [6.07, 6.45) is -0.0954. The quantitative estimate of drug-likeness (QED) is 0.419. The minimum atomic E-state index is -1.04. The second-order valence-corrected chi connectivity index (χ2v) is 4.78. The highest BCUT2D eigenvalue weighted by molar-refractivity contribution is 5.99. The Balaban J connectivity index is 2.62. The summed E-state index contributed by atoms with van der Waals surface area (Å²) in [5.41, 5.74) is 0.904. The third-order valence-corrected chi connectivity index (χ3v) is 3.01. The maximum absolute atomic E-state index is 12.0. The van der Waals surface area contributed by atoms with Gasteiger partial charge in [-0.15, -0.1) is 0 Å². The molecule has 5 nitrogen and oxygen atoms in total. The number of ether oxygens (including phenoxy) is 2. The van der Waals surface area contributed by atoms with Crippen molar-refractivity contribution in [2.75, 3.05) is 6.61 Å². The molecule has 0 radical (unpaired) electrons. The fourth-order valence-electron chi connectivity index (χ4n) is 1.79. The first-order chi connectivity index (χ1) is 10.5. The summed E-state index contributed by atoms with van der Waals surface area (Å²) in [5.74, 6) is -2.68. The highest BCUT2D eigenvalue weighted by atomic mass is 16.5. The van der Waals surface area contributed by atoms with Crippen molar-refractivity contribution in [3.05, 3.63) is 48.0 Å². The highest BCUT2D eigenvalue weighted by Crippen LogP contribution is 2.16. The molecule has 0 aliphatic heterocycles. The van der Waals surface area contributed by atoms with Gasteiger partial charge in [-0.1, -0.05) is 36.9 Å². The Hall–Kier alpha value is -2.43. The van der Waals surface area contributed by atoms with E-state index in [1.54, 1.807) is 6.92 Å². The van der Waals surface area contributed by atoms with Crippen LogP contribution in [0.5, 0.6) is 0 Å². The van der Waals surface area contributed by atoms with Gasteiger partial charge in [0.05, 0.1) is 6.61 Å². The lowest BCUT2D eigenvalue weighted by Gasteiger charge is -2.14. The van der Waals surface area contributed by atoms with Gasteiger partial charge in [0, 0.05) is 5.57 Å². The maximum atomic E-state index is 12.0. The first-order valence-corrected chi connectivity index (χ1v) is 7.01. The van der Waals surface area contributed by atoms with Gasteiger partial charge in [-0.05, 0) is 25.8 Å². The Morgan fingerprint density at radius 2 is 1.77 bits per heavy atom. The van der Waals surface area contributed by atoms with Crippen molar-refractivity contribution >= 4 is 17.7 Å². The Morgan fingerprint density at radius 3 is 2.32 bits per heavy atom. The molecular formula is C17H20O5. The summed E-state index contributed by atoms with van der Waals surface area (Å²) < 4.78 is 9.93. The van der Waals surface area contributed by atoms with Crippen LogP contribution in [-0.2, 0) is 30.5 Å². The first kappa shape index (κ1) is 17.6. The molecule has 0 aromatic heterocycles. The summed E-state index contributed by atoms with van der Waals surface area (Å²) in [5, 5.41) is 0. The third-order valence-electron chi connectivity index (χ3n) is 3.01. The molecule has 1 aromatic rings. The third kappa shape index (κ3) is 5.52. The van der Waals surface area contributed by atoms with E-state index in [-0.39, 0.29) is 31.0 Å². The summed E-state index contributed by atoms with van der Waals surface area (Å²) in [4.78, 5) is 35.2. The van der Waals surface area contributed by atoms with Crippen molar-refractivity contribution in [2.24, 2.45) is 5.92 Å². The number of esters is 2. The Morgan fingerprint density at radius 1 is 1.14 bits per heavy atom. The van der Waals surface area contributed by atoms with Crippen LogP contribution in [0.25, 0.3) is 0 Å². The zero-order chi connectivity index (χ0) is 16.5.